The van der Waals surface area contributed by atoms with Crippen LogP contribution in [0.1, 0.15) is 30.7 Å². The van der Waals surface area contributed by atoms with Gasteiger partial charge in [-0.05, 0) is 79.7 Å². The molecule has 2 heterocycles. The SMILES string of the molecule is CN1CCC[C@@H]1CC1CS(=O)c2ccc(-c3ccc(F)cc3)cc21. The van der Waals surface area contributed by atoms with Crippen molar-refractivity contribution in [3.63, 3.8) is 0 Å². The molecule has 0 bridgehead atoms. The monoisotopic (exact) mass is 343 g/mol. The van der Waals surface area contributed by atoms with Crippen LogP contribution in [0.4, 0.5) is 4.39 Å². The van der Waals surface area contributed by atoms with Crippen molar-refractivity contribution in [3.05, 3.63) is 53.8 Å². The van der Waals surface area contributed by atoms with Crippen LogP contribution in [0.25, 0.3) is 11.1 Å². The number of halogens is 1. The summed E-state index contributed by atoms with van der Waals surface area (Å²) < 4.78 is 25.6. The average Bonchev–Trinajstić information content (AvgIpc) is 3.12. The summed E-state index contributed by atoms with van der Waals surface area (Å²) in [6.45, 7) is 1.17. The molecule has 1 fully saturated rings. The first kappa shape index (κ1) is 16.0. The fourth-order valence-electron chi connectivity index (χ4n) is 4.06. The molecule has 2 aromatic carbocycles. The largest absolute Gasteiger partial charge is 0.303 e. The van der Waals surface area contributed by atoms with Gasteiger partial charge in [-0.15, -0.1) is 0 Å². The molecule has 2 aliphatic rings. The molecule has 0 saturated carbocycles. The van der Waals surface area contributed by atoms with Gasteiger partial charge in [0.2, 0.25) is 0 Å². The Kier molecular flexibility index (Phi) is 4.27. The van der Waals surface area contributed by atoms with Gasteiger partial charge < -0.3 is 4.90 Å². The van der Waals surface area contributed by atoms with Gasteiger partial charge in [0.15, 0.2) is 0 Å². The third-order valence-corrected chi connectivity index (χ3v) is 7.02. The smallest absolute Gasteiger partial charge is 0.123 e. The minimum absolute atomic E-state index is 0.219. The molecule has 4 heteroatoms. The molecule has 2 aliphatic heterocycles. The van der Waals surface area contributed by atoms with Gasteiger partial charge in [-0.3, -0.25) is 4.21 Å². The molecular weight excluding hydrogens is 321 g/mol. The van der Waals surface area contributed by atoms with Gasteiger partial charge in [-0.1, -0.05) is 18.2 Å². The van der Waals surface area contributed by atoms with Crippen molar-refractivity contribution in [1.29, 1.82) is 0 Å². The Hall–Kier alpha value is -1.52. The summed E-state index contributed by atoms with van der Waals surface area (Å²) in [5.74, 6) is 0.891. The lowest BCUT2D eigenvalue weighted by Crippen LogP contribution is -2.27. The van der Waals surface area contributed by atoms with E-state index in [1.165, 1.54) is 37.1 Å². The van der Waals surface area contributed by atoms with Gasteiger partial charge in [-0.25, -0.2) is 4.39 Å². The Morgan fingerprint density at radius 1 is 1.17 bits per heavy atom. The first-order valence-corrected chi connectivity index (χ1v) is 9.92. The summed E-state index contributed by atoms with van der Waals surface area (Å²) in [5, 5.41) is 0. The third kappa shape index (κ3) is 2.93. The molecule has 1 saturated heterocycles. The molecule has 0 radical (unpaired) electrons. The maximum Gasteiger partial charge on any atom is 0.123 e. The number of fused-ring (bicyclic) bond motifs is 1. The predicted molar refractivity (Wildman–Crippen MR) is 96.1 cm³/mol. The zero-order chi connectivity index (χ0) is 16.7. The summed E-state index contributed by atoms with van der Waals surface area (Å²) >= 11 is 0. The molecule has 126 valence electrons. The van der Waals surface area contributed by atoms with E-state index in [0.717, 1.165) is 28.2 Å². The number of rotatable bonds is 3. The Bertz CT molecular complexity index is 774. The van der Waals surface area contributed by atoms with Crippen LogP contribution < -0.4 is 0 Å². The van der Waals surface area contributed by atoms with Crippen LogP contribution in [0.2, 0.25) is 0 Å². The van der Waals surface area contributed by atoms with E-state index < -0.39 is 10.8 Å². The summed E-state index contributed by atoms with van der Waals surface area (Å²) in [5.41, 5.74) is 3.32. The lowest BCUT2D eigenvalue weighted by molar-refractivity contribution is 0.286. The van der Waals surface area contributed by atoms with E-state index in [9.17, 15) is 8.60 Å². The number of hydrogen-bond donors (Lipinski definition) is 0. The summed E-state index contributed by atoms with van der Waals surface area (Å²) in [7, 11) is 1.31. The number of benzene rings is 2. The molecule has 2 aromatic rings. The average molecular weight is 343 g/mol. The zero-order valence-corrected chi connectivity index (χ0v) is 14.7. The van der Waals surface area contributed by atoms with Gasteiger partial charge in [0, 0.05) is 16.7 Å². The van der Waals surface area contributed by atoms with Gasteiger partial charge in [0.25, 0.3) is 0 Å². The predicted octanol–water partition coefficient (Wildman–Crippen LogP) is 4.18. The Morgan fingerprint density at radius 2 is 1.92 bits per heavy atom. The van der Waals surface area contributed by atoms with E-state index >= 15 is 0 Å². The van der Waals surface area contributed by atoms with Crippen molar-refractivity contribution in [2.75, 3.05) is 19.3 Å². The van der Waals surface area contributed by atoms with Crippen LogP contribution >= 0.6 is 0 Å². The third-order valence-electron chi connectivity index (χ3n) is 5.45. The van der Waals surface area contributed by atoms with Crippen molar-refractivity contribution in [2.45, 2.75) is 36.1 Å². The minimum atomic E-state index is -0.886. The molecule has 2 unspecified atom stereocenters. The highest BCUT2D eigenvalue weighted by molar-refractivity contribution is 7.85. The number of likely N-dealkylation sites (tertiary alicyclic amines) is 1. The lowest BCUT2D eigenvalue weighted by Gasteiger charge is -2.23. The molecule has 0 N–H and O–H groups in total. The number of hydrogen-bond acceptors (Lipinski definition) is 2. The van der Waals surface area contributed by atoms with Gasteiger partial charge in [0.05, 0.1) is 10.8 Å². The molecule has 0 aromatic heterocycles. The van der Waals surface area contributed by atoms with Crippen molar-refractivity contribution in [2.24, 2.45) is 0 Å². The summed E-state index contributed by atoms with van der Waals surface area (Å²) in [6, 6.07) is 13.4. The molecule has 0 amide bonds. The zero-order valence-electron chi connectivity index (χ0n) is 13.9. The van der Waals surface area contributed by atoms with Gasteiger partial charge >= 0.3 is 0 Å². The van der Waals surface area contributed by atoms with E-state index in [2.05, 4.69) is 18.0 Å². The second kappa shape index (κ2) is 6.41. The van der Waals surface area contributed by atoms with Crippen LogP contribution in [-0.4, -0.2) is 34.5 Å². The lowest BCUT2D eigenvalue weighted by atomic mass is 9.91. The van der Waals surface area contributed by atoms with Crippen LogP contribution in [0.15, 0.2) is 47.4 Å². The Labute approximate surface area is 145 Å². The molecule has 0 aliphatic carbocycles. The first-order valence-electron chi connectivity index (χ1n) is 8.60. The highest BCUT2D eigenvalue weighted by atomic mass is 32.2. The van der Waals surface area contributed by atoms with E-state index in [1.54, 1.807) is 0 Å². The summed E-state index contributed by atoms with van der Waals surface area (Å²) in [4.78, 5) is 3.43. The second-order valence-corrected chi connectivity index (χ2v) is 8.45. The molecule has 24 heavy (non-hydrogen) atoms. The highest BCUT2D eigenvalue weighted by Crippen LogP contribution is 2.39. The van der Waals surface area contributed by atoms with Crippen LogP contribution in [0.3, 0.4) is 0 Å². The maximum absolute atomic E-state index is 13.2. The molecule has 0 spiro atoms. The van der Waals surface area contributed by atoms with Crippen molar-refractivity contribution >= 4 is 10.8 Å². The first-order chi connectivity index (χ1) is 11.6. The highest BCUT2D eigenvalue weighted by Gasteiger charge is 2.33. The van der Waals surface area contributed by atoms with E-state index in [1.807, 2.05) is 24.3 Å². The topological polar surface area (TPSA) is 20.3 Å². The van der Waals surface area contributed by atoms with E-state index in [0.29, 0.717) is 12.0 Å². The van der Waals surface area contributed by atoms with Crippen molar-refractivity contribution in [3.8, 4) is 11.1 Å². The molecule has 3 atom stereocenters. The maximum atomic E-state index is 13.2. The van der Waals surface area contributed by atoms with Crippen LogP contribution in [-0.2, 0) is 10.8 Å². The van der Waals surface area contributed by atoms with E-state index in [4.69, 9.17) is 0 Å². The normalized spacial score (nSPS) is 26.7. The number of nitrogens with zero attached hydrogens (tertiary/aromatic N) is 1. The van der Waals surface area contributed by atoms with Gasteiger partial charge in [0.1, 0.15) is 5.82 Å². The van der Waals surface area contributed by atoms with Crippen molar-refractivity contribution in [1.82, 2.24) is 4.90 Å². The molecule has 4 rings (SSSR count). The fraction of sp³-hybridized carbons (Fsp3) is 0.400. The fourth-order valence-corrected chi connectivity index (χ4v) is 5.63. The Morgan fingerprint density at radius 3 is 2.62 bits per heavy atom. The van der Waals surface area contributed by atoms with E-state index in [-0.39, 0.29) is 5.82 Å². The second-order valence-electron chi connectivity index (χ2n) is 6.98. The van der Waals surface area contributed by atoms with Gasteiger partial charge in [-0.2, -0.15) is 0 Å². The standard InChI is InChI=1S/C20H22FNOS/c1-22-10-2-3-18(22)11-16-13-24(23)20-9-6-15(12-19(16)20)14-4-7-17(21)8-5-14/h4-9,12,16,18H,2-3,10-11,13H2,1H3/t16?,18-,24?/m1/s1. The molecule has 2 nitrogen and oxygen atoms in total. The minimum Gasteiger partial charge on any atom is -0.303 e. The van der Waals surface area contributed by atoms with Crippen LogP contribution in [0, 0.1) is 5.82 Å². The quantitative estimate of drug-likeness (QED) is 0.833. The Balaban J connectivity index is 1.65. The van der Waals surface area contributed by atoms with Crippen LogP contribution in [0.5, 0.6) is 0 Å². The molecular formula is C20H22FNOS. The van der Waals surface area contributed by atoms with Crippen molar-refractivity contribution < 1.29 is 8.60 Å². The summed E-state index contributed by atoms with van der Waals surface area (Å²) in [6.07, 6.45) is 3.59.